The average molecular weight is 782 g/mol. The molecule has 4 aliphatic rings. The highest BCUT2D eigenvalue weighted by atomic mass is 16.6. The van der Waals surface area contributed by atoms with E-state index in [0.717, 1.165) is 28.4 Å². The van der Waals surface area contributed by atoms with Crippen LogP contribution in [-0.4, -0.2) is 0 Å². The number of hydrogen-bond donors (Lipinski definition) is 0. The zero-order valence-electron chi connectivity index (χ0n) is 33.8. The third-order valence-corrected chi connectivity index (χ3v) is 13.7. The maximum absolute atomic E-state index is 7.34. The lowest BCUT2D eigenvalue weighted by molar-refractivity contribution is 0.361. The van der Waals surface area contributed by atoms with E-state index in [2.05, 4.69) is 213 Å². The topological polar surface area (TPSA) is 21.7 Å². The van der Waals surface area contributed by atoms with Crippen LogP contribution in [0.15, 0.2) is 200 Å². The second-order valence-corrected chi connectivity index (χ2v) is 17.1. The first kappa shape index (κ1) is 34.3. The lowest BCUT2D eigenvalue weighted by atomic mass is 9.70. The highest BCUT2D eigenvalue weighted by molar-refractivity contribution is 5.98. The number of hydrogen-bond acceptors (Lipinski definition) is 3. The van der Waals surface area contributed by atoms with Gasteiger partial charge < -0.3 is 14.4 Å². The molecule has 1 aliphatic heterocycles. The minimum atomic E-state index is -0.480. The van der Waals surface area contributed by atoms with Gasteiger partial charge in [0.1, 0.15) is 0 Å². The van der Waals surface area contributed by atoms with Crippen LogP contribution in [0.5, 0.6) is 23.0 Å². The quantitative estimate of drug-likeness (QED) is 0.177. The summed E-state index contributed by atoms with van der Waals surface area (Å²) in [5.41, 5.74) is 20.1. The molecule has 9 aromatic rings. The second kappa shape index (κ2) is 12.5. The Bertz CT molecular complexity index is 3240. The zero-order valence-corrected chi connectivity index (χ0v) is 33.8. The third kappa shape index (κ3) is 4.53. The Morgan fingerprint density at radius 1 is 0.361 bits per heavy atom. The number of ether oxygens (including phenoxy) is 2. The molecule has 0 saturated heterocycles. The highest BCUT2D eigenvalue weighted by Gasteiger charge is 2.53. The van der Waals surface area contributed by atoms with Crippen LogP contribution < -0.4 is 14.4 Å². The van der Waals surface area contributed by atoms with Crippen LogP contribution in [0.2, 0.25) is 0 Å². The van der Waals surface area contributed by atoms with E-state index in [1.165, 1.54) is 72.3 Å². The minimum absolute atomic E-state index is 0.112. The van der Waals surface area contributed by atoms with Crippen molar-refractivity contribution in [1.29, 1.82) is 0 Å². The molecule has 0 aromatic heterocycles. The molecule has 0 bridgehead atoms. The summed E-state index contributed by atoms with van der Waals surface area (Å²) in [6.45, 7) is 4.70. The Balaban J connectivity index is 0.956. The van der Waals surface area contributed by atoms with Crippen molar-refractivity contribution in [3.63, 3.8) is 0 Å². The Morgan fingerprint density at radius 3 is 1.59 bits per heavy atom. The van der Waals surface area contributed by atoms with E-state index in [0.29, 0.717) is 17.2 Å². The summed E-state index contributed by atoms with van der Waals surface area (Å²) in [5.74, 6) is 2.82. The van der Waals surface area contributed by atoms with Gasteiger partial charge in [-0.05, 0) is 115 Å². The minimum Gasteiger partial charge on any atom is -0.449 e. The van der Waals surface area contributed by atoms with Gasteiger partial charge in [0.2, 0.25) is 0 Å². The average Bonchev–Trinajstić information content (AvgIpc) is 3.88. The Kier molecular flexibility index (Phi) is 6.99. The van der Waals surface area contributed by atoms with Gasteiger partial charge in [0.25, 0.3) is 0 Å². The normalized spacial score (nSPS) is 14.6. The van der Waals surface area contributed by atoms with Crippen LogP contribution in [0.1, 0.15) is 47.2 Å². The molecule has 0 unspecified atom stereocenters. The van der Waals surface area contributed by atoms with Crippen LogP contribution in [0.3, 0.4) is 0 Å². The molecule has 0 saturated carbocycles. The molecule has 9 aromatic carbocycles. The first-order chi connectivity index (χ1) is 30.0. The predicted molar refractivity (Wildman–Crippen MR) is 247 cm³/mol. The number of nitrogens with zero attached hydrogens (tertiary/aromatic N) is 1. The molecule has 0 N–H and O–H groups in total. The number of anilines is 3. The fourth-order valence-electron chi connectivity index (χ4n) is 11.3. The van der Waals surface area contributed by atoms with Crippen molar-refractivity contribution >= 4 is 17.1 Å². The Morgan fingerprint density at radius 2 is 0.885 bits per heavy atom. The highest BCUT2D eigenvalue weighted by Crippen LogP contribution is 2.67. The van der Waals surface area contributed by atoms with Crippen molar-refractivity contribution < 1.29 is 9.47 Å². The molecule has 1 spiro atoms. The Labute approximate surface area is 355 Å². The fraction of sp³-hybridized carbons (Fsp3) is 0.0690. The van der Waals surface area contributed by atoms with Crippen LogP contribution in [0.4, 0.5) is 17.1 Å². The van der Waals surface area contributed by atoms with Crippen molar-refractivity contribution in [2.24, 2.45) is 0 Å². The maximum Gasteiger partial charge on any atom is 0.194 e. The standard InChI is InChI=1S/C58H39NO2/c1-57(2)45-24-10-6-20-42(45)43-23-14-22-39(54(43)57)36-30-32-38(33-31-36)59(37-16-4-3-5-17-37)50-28-15-29-51-55(50)61-56-52(60-51)35-34-49-53(56)44-21-9-13-27-48(44)58(49)46-25-11-7-18-40(46)41-19-8-12-26-47(41)58/h3-35H,1-2H3. The monoisotopic (exact) mass is 781 g/mol. The SMILES string of the molecule is CC1(C)c2ccccc2-c2cccc(-c3ccc(N(c4ccccc4)c4cccc5c4Oc4c(ccc6c4-c4ccccc4C64c6ccccc6-c6ccccc64)O5)cc3)c21. The molecule has 288 valence electrons. The maximum atomic E-state index is 7.34. The molecule has 1 heterocycles. The van der Waals surface area contributed by atoms with Gasteiger partial charge in [-0.3, -0.25) is 0 Å². The lowest BCUT2D eigenvalue weighted by Crippen LogP contribution is -2.25. The smallest absolute Gasteiger partial charge is 0.194 e. The molecule has 0 fully saturated rings. The van der Waals surface area contributed by atoms with Crippen LogP contribution in [0.25, 0.3) is 44.5 Å². The van der Waals surface area contributed by atoms with Gasteiger partial charge in [0.05, 0.1) is 11.1 Å². The van der Waals surface area contributed by atoms with Crippen LogP contribution in [-0.2, 0) is 10.8 Å². The number of rotatable bonds is 4. The predicted octanol–water partition coefficient (Wildman–Crippen LogP) is 15.4. The van der Waals surface area contributed by atoms with Gasteiger partial charge in [-0.15, -0.1) is 0 Å². The summed E-state index contributed by atoms with van der Waals surface area (Å²) in [4.78, 5) is 2.29. The molecular formula is C58H39NO2. The largest absolute Gasteiger partial charge is 0.449 e. The van der Waals surface area contributed by atoms with E-state index < -0.39 is 5.41 Å². The summed E-state index contributed by atoms with van der Waals surface area (Å²) < 4.78 is 14.2. The first-order valence-corrected chi connectivity index (χ1v) is 21.2. The number of fused-ring (bicyclic) bond motifs is 16. The number of benzene rings is 9. The Hall–Kier alpha value is -7.62. The van der Waals surface area contributed by atoms with Crippen LogP contribution in [0, 0.1) is 0 Å². The van der Waals surface area contributed by atoms with Gasteiger partial charge in [-0.2, -0.15) is 0 Å². The molecule has 13 rings (SSSR count). The van der Waals surface area contributed by atoms with Gasteiger partial charge in [-0.1, -0.05) is 172 Å². The van der Waals surface area contributed by atoms with Crippen molar-refractivity contribution in [2.45, 2.75) is 24.7 Å². The van der Waals surface area contributed by atoms with E-state index in [9.17, 15) is 0 Å². The fourth-order valence-corrected chi connectivity index (χ4v) is 11.3. The van der Waals surface area contributed by atoms with Gasteiger partial charge in [0.15, 0.2) is 23.0 Å². The molecule has 3 heteroatoms. The van der Waals surface area contributed by atoms with Crippen molar-refractivity contribution in [3.05, 3.63) is 234 Å². The van der Waals surface area contributed by atoms with E-state index in [1.54, 1.807) is 0 Å². The number of para-hydroxylation sites is 2. The summed E-state index contributed by atoms with van der Waals surface area (Å²) in [5, 5.41) is 0. The molecule has 61 heavy (non-hydrogen) atoms. The molecule has 0 radical (unpaired) electrons. The third-order valence-electron chi connectivity index (χ3n) is 13.7. The molecule has 0 atom stereocenters. The summed E-state index contributed by atoms with van der Waals surface area (Å²) in [7, 11) is 0. The van der Waals surface area contributed by atoms with Gasteiger partial charge >= 0.3 is 0 Å². The van der Waals surface area contributed by atoms with Gasteiger partial charge in [-0.25, -0.2) is 0 Å². The zero-order chi connectivity index (χ0) is 40.5. The van der Waals surface area contributed by atoms with Crippen LogP contribution >= 0.6 is 0 Å². The van der Waals surface area contributed by atoms with E-state index in [1.807, 2.05) is 6.07 Å². The van der Waals surface area contributed by atoms with E-state index >= 15 is 0 Å². The molecule has 0 amide bonds. The summed E-state index contributed by atoms with van der Waals surface area (Å²) in [6.07, 6.45) is 0. The van der Waals surface area contributed by atoms with E-state index in [4.69, 9.17) is 9.47 Å². The van der Waals surface area contributed by atoms with Crippen molar-refractivity contribution in [3.8, 4) is 67.5 Å². The second-order valence-electron chi connectivity index (χ2n) is 17.1. The van der Waals surface area contributed by atoms with Crippen molar-refractivity contribution in [2.75, 3.05) is 4.90 Å². The summed E-state index contributed by atoms with van der Waals surface area (Å²) in [6, 6.07) is 72.4. The lowest BCUT2D eigenvalue weighted by Gasteiger charge is -2.32. The van der Waals surface area contributed by atoms with E-state index in [-0.39, 0.29) is 5.41 Å². The summed E-state index contributed by atoms with van der Waals surface area (Å²) >= 11 is 0. The molecule has 3 nitrogen and oxygen atoms in total. The molecular weight excluding hydrogens is 743 g/mol. The van der Waals surface area contributed by atoms with Gasteiger partial charge in [0, 0.05) is 22.4 Å². The molecule has 3 aliphatic carbocycles. The first-order valence-electron chi connectivity index (χ1n) is 21.2. The van der Waals surface area contributed by atoms with Crippen molar-refractivity contribution in [1.82, 2.24) is 0 Å².